The summed E-state index contributed by atoms with van der Waals surface area (Å²) in [4.78, 5) is 0. The number of rotatable bonds is 4. The summed E-state index contributed by atoms with van der Waals surface area (Å²) in [6.07, 6.45) is 9.49. The van der Waals surface area contributed by atoms with Crippen LogP contribution in [0.3, 0.4) is 0 Å². The van der Waals surface area contributed by atoms with Gasteiger partial charge in [-0.25, -0.2) is 0 Å². The van der Waals surface area contributed by atoms with Crippen molar-refractivity contribution in [1.29, 1.82) is 0 Å². The molecule has 1 unspecified atom stereocenters. The third-order valence-corrected chi connectivity index (χ3v) is 4.55. The van der Waals surface area contributed by atoms with E-state index < -0.39 is 0 Å². The van der Waals surface area contributed by atoms with E-state index in [1.807, 2.05) is 6.92 Å². The van der Waals surface area contributed by atoms with Gasteiger partial charge in [-0.3, -0.25) is 0 Å². The molecule has 90 valence electrons. The van der Waals surface area contributed by atoms with Gasteiger partial charge in [-0.15, -0.1) is 10.2 Å². The minimum atomic E-state index is 0.0286. The third kappa shape index (κ3) is 3.25. The van der Waals surface area contributed by atoms with Gasteiger partial charge in [0.25, 0.3) is 0 Å². The van der Waals surface area contributed by atoms with E-state index in [-0.39, 0.29) is 6.04 Å². The Kier molecular flexibility index (Phi) is 4.29. The zero-order valence-electron chi connectivity index (χ0n) is 9.98. The van der Waals surface area contributed by atoms with E-state index in [0.29, 0.717) is 0 Å². The van der Waals surface area contributed by atoms with Crippen molar-refractivity contribution in [3.8, 4) is 0 Å². The minimum absolute atomic E-state index is 0.0286. The highest BCUT2D eigenvalue weighted by Gasteiger charge is 2.15. The Hall–Kier alpha value is -0.480. The Morgan fingerprint density at radius 1 is 1.31 bits per heavy atom. The van der Waals surface area contributed by atoms with Gasteiger partial charge in [-0.2, -0.15) is 0 Å². The molecule has 1 saturated carbocycles. The molecule has 0 saturated heterocycles. The molecule has 0 spiro atoms. The Morgan fingerprint density at radius 2 is 2.06 bits per heavy atom. The van der Waals surface area contributed by atoms with E-state index in [1.54, 1.807) is 11.3 Å². The monoisotopic (exact) mass is 239 g/mol. The molecule has 1 aliphatic carbocycles. The summed E-state index contributed by atoms with van der Waals surface area (Å²) in [5.74, 6) is 0.927. The van der Waals surface area contributed by atoms with Gasteiger partial charge in [0.05, 0.1) is 6.04 Å². The van der Waals surface area contributed by atoms with Crippen LogP contribution in [-0.2, 0) is 6.42 Å². The topological polar surface area (TPSA) is 51.8 Å². The van der Waals surface area contributed by atoms with Crippen molar-refractivity contribution in [1.82, 2.24) is 10.2 Å². The van der Waals surface area contributed by atoms with Gasteiger partial charge in [0.2, 0.25) is 0 Å². The Morgan fingerprint density at radius 3 is 2.69 bits per heavy atom. The van der Waals surface area contributed by atoms with E-state index in [4.69, 9.17) is 5.73 Å². The van der Waals surface area contributed by atoms with Crippen LogP contribution >= 0.6 is 11.3 Å². The molecule has 2 rings (SSSR count). The normalized spacial score (nSPS) is 19.9. The van der Waals surface area contributed by atoms with Crippen LogP contribution in [0.4, 0.5) is 0 Å². The summed E-state index contributed by atoms with van der Waals surface area (Å²) in [6, 6.07) is 0.0286. The number of hydrogen-bond donors (Lipinski definition) is 1. The van der Waals surface area contributed by atoms with Crippen molar-refractivity contribution in [3.05, 3.63) is 10.0 Å². The molecule has 1 fully saturated rings. The van der Waals surface area contributed by atoms with Gasteiger partial charge < -0.3 is 5.73 Å². The zero-order valence-corrected chi connectivity index (χ0v) is 10.8. The summed E-state index contributed by atoms with van der Waals surface area (Å²) in [5.41, 5.74) is 5.77. The molecule has 0 bridgehead atoms. The van der Waals surface area contributed by atoms with Gasteiger partial charge in [-0.1, -0.05) is 43.4 Å². The first-order valence-corrected chi connectivity index (χ1v) is 7.15. The Balaban J connectivity index is 1.79. The first-order chi connectivity index (χ1) is 7.75. The van der Waals surface area contributed by atoms with Crippen molar-refractivity contribution >= 4 is 11.3 Å². The molecule has 0 amide bonds. The van der Waals surface area contributed by atoms with Crippen molar-refractivity contribution in [2.75, 3.05) is 0 Å². The molecule has 1 aliphatic rings. The second kappa shape index (κ2) is 5.73. The third-order valence-electron chi connectivity index (χ3n) is 3.36. The smallest absolute Gasteiger partial charge is 0.133 e. The van der Waals surface area contributed by atoms with Crippen LogP contribution in [0.15, 0.2) is 0 Å². The molecule has 1 aromatic rings. The Bertz CT molecular complexity index is 316. The van der Waals surface area contributed by atoms with Crippen LogP contribution in [0, 0.1) is 5.92 Å². The van der Waals surface area contributed by atoms with Crippen LogP contribution < -0.4 is 5.73 Å². The van der Waals surface area contributed by atoms with Crippen molar-refractivity contribution in [2.45, 2.75) is 57.9 Å². The largest absolute Gasteiger partial charge is 0.322 e. The fourth-order valence-corrected chi connectivity index (χ4v) is 3.17. The second-order valence-electron chi connectivity index (χ2n) is 4.87. The van der Waals surface area contributed by atoms with E-state index in [1.165, 1.54) is 38.5 Å². The van der Waals surface area contributed by atoms with Gasteiger partial charge >= 0.3 is 0 Å². The molecular formula is C12H21N3S. The highest BCUT2D eigenvalue weighted by molar-refractivity contribution is 7.11. The second-order valence-corrected chi connectivity index (χ2v) is 5.96. The molecule has 1 heterocycles. The molecular weight excluding hydrogens is 218 g/mol. The number of nitrogens with two attached hydrogens (primary N) is 1. The predicted octanol–water partition coefficient (Wildman–Crippen LogP) is 3.07. The van der Waals surface area contributed by atoms with Crippen LogP contribution in [0.2, 0.25) is 0 Å². The Labute approximate surface area is 101 Å². The fraction of sp³-hybridized carbons (Fsp3) is 0.833. The summed E-state index contributed by atoms with van der Waals surface area (Å²) in [7, 11) is 0. The highest BCUT2D eigenvalue weighted by Crippen LogP contribution is 2.28. The van der Waals surface area contributed by atoms with Crippen molar-refractivity contribution < 1.29 is 0 Å². The maximum atomic E-state index is 5.77. The van der Waals surface area contributed by atoms with E-state index in [2.05, 4.69) is 10.2 Å². The lowest BCUT2D eigenvalue weighted by Gasteiger charge is -2.20. The summed E-state index contributed by atoms with van der Waals surface area (Å²) < 4.78 is 0. The molecule has 1 aromatic heterocycles. The van der Waals surface area contributed by atoms with E-state index >= 15 is 0 Å². The molecule has 1 atom stereocenters. The molecule has 0 aromatic carbocycles. The van der Waals surface area contributed by atoms with Crippen LogP contribution in [0.5, 0.6) is 0 Å². The summed E-state index contributed by atoms with van der Waals surface area (Å²) in [5, 5.41) is 10.5. The molecule has 2 N–H and O–H groups in total. The van der Waals surface area contributed by atoms with Crippen LogP contribution in [0.1, 0.15) is 61.5 Å². The van der Waals surface area contributed by atoms with Gasteiger partial charge in [0.1, 0.15) is 10.0 Å². The first-order valence-electron chi connectivity index (χ1n) is 6.33. The van der Waals surface area contributed by atoms with Gasteiger partial charge in [0, 0.05) is 6.42 Å². The number of aromatic nitrogens is 2. The summed E-state index contributed by atoms with van der Waals surface area (Å²) in [6.45, 7) is 1.96. The average Bonchev–Trinajstić information content (AvgIpc) is 2.76. The average molecular weight is 239 g/mol. The standard InChI is InChI=1S/C12H21N3S/c1-9(13)12-15-14-11(16-12)8-7-10-5-3-2-4-6-10/h9-10H,2-8,13H2,1H3. The lowest BCUT2D eigenvalue weighted by Crippen LogP contribution is -2.07. The molecule has 4 heteroatoms. The van der Waals surface area contributed by atoms with Crippen molar-refractivity contribution in [3.63, 3.8) is 0 Å². The lowest BCUT2D eigenvalue weighted by atomic mass is 9.86. The van der Waals surface area contributed by atoms with Crippen LogP contribution in [0.25, 0.3) is 0 Å². The quantitative estimate of drug-likeness (QED) is 0.878. The fourth-order valence-electron chi connectivity index (χ4n) is 2.36. The zero-order chi connectivity index (χ0) is 11.4. The molecule has 0 radical (unpaired) electrons. The maximum absolute atomic E-state index is 5.77. The van der Waals surface area contributed by atoms with Gasteiger partial charge in [-0.05, 0) is 19.3 Å². The minimum Gasteiger partial charge on any atom is -0.322 e. The SMILES string of the molecule is CC(N)c1nnc(CCC2CCCCC2)s1. The number of nitrogens with zero attached hydrogens (tertiary/aromatic N) is 2. The van der Waals surface area contributed by atoms with E-state index in [9.17, 15) is 0 Å². The number of aryl methyl sites for hydroxylation is 1. The first kappa shape index (κ1) is 12.0. The van der Waals surface area contributed by atoms with Crippen LogP contribution in [-0.4, -0.2) is 10.2 Å². The maximum Gasteiger partial charge on any atom is 0.133 e. The highest BCUT2D eigenvalue weighted by atomic mass is 32.1. The molecule has 3 nitrogen and oxygen atoms in total. The number of hydrogen-bond acceptors (Lipinski definition) is 4. The lowest BCUT2D eigenvalue weighted by molar-refractivity contribution is 0.339. The van der Waals surface area contributed by atoms with Crippen molar-refractivity contribution in [2.24, 2.45) is 11.7 Å². The van der Waals surface area contributed by atoms with Gasteiger partial charge in [0.15, 0.2) is 0 Å². The summed E-state index contributed by atoms with van der Waals surface area (Å²) >= 11 is 1.68. The molecule has 16 heavy (non-hydrogen) atoms. The molecule has 0 aliphatic heterocycles. The van der Waals surface area contributed by atoms with E-state index in [0.717, 1.165) is 22.4 Å². The predicted molar refractivity (Wildman–Crippen MR) is 67.4 cm³/mol.